The van der Waals surface area contributed by atoms with Crippen LogP contribution in [-0.4, -0.2) is 23.2 Å². The van der Waals surface area contributed by atoms with Crippen molar-refractivity contribution in [1.82, 2.24) is 15.5 Å². The zero-order valence-corrected chi connectivity index (χ0v) is 9.61. The number of hydrogen-bond donors (Lipinski definition) is 1. The van der Waals surface area contributed by atoms with E-state index in [4.69, 9.17) is 4.52 Å². The predicted octanol–water partition coefficient (Wildman–Crippen LogP) is 1.88. The zero-order valence-electron chi connectivity index (χ0n) is 9.61. The molecular weight excluding hydrogens is 202 g/mol. The quantitative estimate of drug-likeness (QED) is 0.846. The van der Waals surface area contributed by atoms with E-state index in [1.807, 2.05) is 0 Å². The molecular formula is C12H19N3O. The summed E-state index contributed by atoms with van der Waals surface area (Å²) >= 11 is 0. The molecule has 1 aliphatic heterocycles. The van der Waals surface area contributed by atoms with Gasteiger partial charge in [0.2, 0.25) is 5.89 Å². The fourth-order valence-electron chi connectivity index (χ4n) is 2.40. The number of nitrogens with zero attached hydrogens (tertiary/aromatic N) is 2. The van der Waals surface area contributed by atoms with E-state index in [9.17, 15) is 0 Å². The first-order chi connectivity index (χ1) is 7.92. The van der Waals surface area contributed by atoms with E-state index in [-0.39, 0.29) is 0 Å². The molecule has 1 aromatic rings. The molecule has 4 heteroatoms. The number of rotatable bonds is 3. The molecule has 0 amide bonds. The lowest BCUT2D eigenvalue weighted by Crippen LogP contribution is -2.14. The summed E-state index contributed by atoms with van der Waals surface area (Å²) in [5.74, 6) is 3.12. The molecule has 88 valence electrons. The standard InChI is InChI=1S/C12H19N3O/c1-2-9(5-7-13-6-1)8-11-14-12(16-15-11)10-3-4-10/h9-10,13H,1-8H2. The van der Waals surface area contributed by atoms with Crippen molar-refractivity contribution >= 4 is 0 Å². The van der Waals surface area contributed by atoms with Crippen LogP contribution in [0.1, 0.15) is 49.7 Å². The molecule has 16 heavy (non-hydrogen) atoms. The van der Waals surface area contributed by atoms with Crippen LogP contribution in [-0.2, 0) is 6.42 Å². The van der Waals surface area contributed by atoms with Gasteiger partial charge in [0.05, 0.1) is 0 Å². The smallest absolute Gasteiger partial charge is 0.229 e. The summed E-state index contributed by atoms with van der Waals surface area (Å²) in [6.45, 7) is 2.30. The Balaban J connectivity index is 1.58. The van der Waals surface area contributed by atoms with Crippen molar-refractivity contribution in [3.8, 4) is 0 Å². The second-order valence-electron chi connectivity index (χ2n) is 5.07. The molecule has 4 nitrogen and oxygen atoms in total. The van der Waals surface area contributed by atoms with Crippen LogP contribution >= 0.6 is 0 Å². The van der Waals surface area contributed by atoms with Gasteiger partial charge in [-0.15, -0.1) is 0 Å². The van der Waals surface area contributed by atoms with Gasteiger partial charge in [0.25, 0.3) is 0 Å². The molecule has 1 N–H and O–H groups in total. The third-order valence-corrected chi connectivity index (χ3v) is 3.58. The maximum absolute atomic E-state index is 5.28. The molecule has 0 radical (unpaired) electrons. The Kier molecular flexibility index (Phi) is 2.91. The number of hydrogen-bond acceptors (Lipinski definition) is 4. The minimum atomic E-state index is 0.581. The Labute approximate surface area is 95.8 Å². The van der Waals surface area contributed by atoms with Crippen LogP contribution in [0.4, 0.5) is 0 Å². The summed E-state index contributed by atoms with van der Waals surface area (Å²) in [5.41, 5.74) is 0. The Morgan fingerprint density at radius 2 is 2.12 bits per heavy atom. The lowest BCUT2D eigenvalue weighted by Gasteiger charge is -2.09. The molecule has 3 rings (SSSR count). The summed E-state index contributed by atoms with van der Waals surface area (Å²) in [6, 6.07) is 0. The van der Waals surface area contributed by atoms with Crippen molar-refractivity contribution in [3.05, 3.63) is 11.7 Å². The van der Waals surface area contributed by atoms with Crippen molar-refractivity contribution in [2.24, 2.45) is 5.92 Å². The van der Waals surface area contributed by atoms with Crippen molar-refractivity contribution < 1.29 is 4.52 Å². The van der Waals surface area contributed by atoms with E-state index in [0.29, 0.717) is 5.92 Å². The van der Waals surface area contributed by atoms with E-state index < -0.39 is 0 Å². The monoisotopic (exact) mass is 221 g/mol. The molecule has 1 saturated heterocycles. The van der Waals surface area contributed by atoms with Crippen LogP contribution in [0.25, 0.3) is 0 Å². The molecule has 2 fully saturated rings. The Bertz CT molecular complexity index is 338. The second-order valence-corrected chi connectivity index (χ2v) is 5.07. The molecule has 0 bridgehead atoms. The van der Waals surface area contributed by atoms with Crippen LogP contribution in [0.5, 0.6) is 0 Å². The third kappa shape index (κ3) is 2.43. The van der Waals surface area contributed by atoms with E-state index >= 15 is 0 Å². The molecule has 1 saturated carbocycles. The van der Waals surface area contributed by atoms with Gasteiger partial charge in [-0.2, -0.15) is 4.98 Å². The lowest BCUT2D eigenvalue weighted by atomic mass is 9.97. The third-order valence-electron chi connectivity index (χ3n) is 3.58. The number of nitrogens with one attached hydrogen (secondary N) is 1. The summed E-state index contributed by atoms with van der Waals surface area (Å²) in [7, 11) is 0. The Morgan fingerprint density at radius 1 is 1.19 bits per heavy atom. The molecule has 1 aromatic heterocycles. The van der Waals surface area contributed by atoms with Gasteiger partial charge in [-0.05, 0) is 51.1 Å². The molecule has 1 atom stereocenters. The minimum absolute atomic E-state index is 0.581. The van der Waals surface area contributed by atoms with Crippen molar-refractivity contribution in [3.63, 3.8) is 0 Å². The maximum Gasteiger partial charge on any atom is 0.229 e. The zero-order chi connectivity index (χ0) is 10.8. The van der Waals surface area contributed by atoms with Crippen LogP contribution in [0.3, 0.4) is 0 Å². The first-order valence-corrected chi connectivity index (χ1v) is 6.45. The van der Waals surface area contributed by atoms with Gasteiger partial charge in [-0.1, -0.05) is 5.16 Å². The summed E-state index contributed by atoms with van der Waals surface area (Å²) < 4.78 is 5.28. The average Bonchev–Trinajstić information content (AvgIpc) is 3.07. The van der Waals surface area contributed by atoms with Crippen LogP contribution < -0.4 is 5.32 Å². The van der Waals surface area contributed by atoms with E-state index in [2.05, 4.69) is 15.5 Å². The van der Waals surface area contributed by atoms with Crippen LogP contribution in [0, 0.1) is 5.92 Å². The van der Waals surface area contributed by atoms with E-state index in [1.54, 1.807) is 0 Å². The molecule has 1 aliphatic carbocycles. The Morgan fingerprint density at radius 3 is 3.00 bits per heavy atom. The highest BCUT2D eigenvalue weighted by atomic mass is 16.5. The normalized spacial score (nSPS) is 26.6. The van der Waals surface area contributed by atoms with Gasteiger partial charge in [0, 0.05) is 12.3 Å². The van der Waals surface area contributed by atoms with Crippen molar-refractivity contribution in [2.45, 2.75) is 44.4 Å². The highest BCUT2D eigenvalue weighted by Crippen LogP contribution is 2.39. The molecule has 1 unspecified atom stereocenters. The summed E-state index contributed by atoms with van der Waals surface area (Å²) in [5, 5.41) is 7.53. The van der Waals surface area contributed by atoms with E-state index in [1.165, 1.54) is 32.1 Å². The average molecular weight is 221 g/mol. The topological polar surface area (TPSA) is 51.0 Å². The van der Waals surface area contributed by atoms with Crippen LogP contribution in [0.2, 0.25) is 0 Å². The van der Waals surface area contributed by atoms with Crippen LogP contribution in [0.15, 0.2) is 4.52 Å². The molecule has 2 heterocycles. The highest BCUT2D eigenvalue weighted by Gasteiger charge is 2.29. The van der Waals surface area contributed by atoms with Gasteiger partial charge in [-0.3, -0.25) is 0 Å². The maximum atomic E-state index is 5.28. The first kappa shape index (κ1) is 10.3. The van der Waals surface area contributed by atoms with Gasteiger partial charge in [0.15, 0.2) is 5.82 Å². The summed E-state index contributed by atoms with van der Waals surface area (Å²) in [4.78, 5) is 4.50. The molecule has 0 aromatic carbocycles. The Hall–Kier alpha value is -0.900. The van der Waals surface area contributed by atoms with Crippen molar-refractivity contribution in [2.75, 3.05) is 13.1 Å². The summed E-state index contributed by atoms with van der Waals surface area (Å²) in [6.07, 6.45) is 7.27. The largest absolute Gasteiger partial charge is 0.339 e. The van der Waals surface area contributed by atoms with E-state index in [0.717, 1.165) is 37.1 Å². The first-order valence-electron chi connectivity index (χ1n) is 6.45. The van der Waals surface area contributed by atoms with Gasteiger partial charge >= 0.3 is 0 Å². The lowest BCUT2D eigenvalue weighted by molar-refractivity contribution is 0.367. The predicted molar refractivity (Wildman–Crippen MR) is 60.2 cm³/mol. The van der Waals surface area contributed by atoms with Gasteiger partial charge in [-0.25, -0.2) is 0 Å². The van der Waals surface area contributed by atoms with Gasteiger partial charge < -0.3 is 9.84 Å². The fourth-order valence-corrected chi connectivity index (χ4v) is 2.40. The molecule has 0 spiro atoms. The van der Waals surface area contributed by atoms with Gasteiger partial charge in [0.1, 0.15) is 0 Å². The molecule has 2 aliphatic rings. The van der Waals surface area contributed by atoms with Crippen molar-refractivity contribution in [1.29, 1.82) is 0 Å². The highest BCUT2D eigenvalue weighted by molar-refractivity contribution is 5.02. The minimum Gasteiger partial charge on any atom is -0.339 e. The second kappa shape index (κ2) is 4.53. The SMILES string of the molecule is C1CNCCC(Cc2noc(C3CC3)n2)C1. The fraction of sp³-hybridized carbons (Fsp3) is 0.833. The number of aromatic nitrogens is 2.